The highest BCUT2D eigenvalue weighted by Gasteiger charge is 2.59. The maximum Gasteiger partial charge on any atom is 0.338 e. The molecule has 0 amide bonds. The number of carbonyl (C=O) groups is 2. The van der Waals surface area contributed by atoms with E-state index in [-0.39, 0.29) is 23.5 Å². The third-order valence-electron chi connectivity index (χ3n) is 13.6. The van der Waals surface area contributed by atoms with Crippen molar-refractivity contribution in [3.8, 4) is 0 Å². The summed E-state index contributed by atoms with van der Waals surface area (Å²) >= 11 is 0. The molecule has 6 rings (SSSR count). The van der Waals surface area contributed by atoms with Gasteiger partial charge >= 0.3 is 11.9 Å². The predicted octanol–water partition coefficient (Wildman–Crippen LogP) is 11.9. The second-order valence-corrected chi connectivity index (χ2v) is 29.7. The van der Waals surface area contributed by atoms with E-state index in [4.69, 9.17) is 13.6 Å². The van der Waals surface area contributed by atoms with Crippen molar-refractivity contribution in [3.63, 3.8) is 0 Å². The second kappa shape index (κ2) is 17.1. The molecular weight excluding hydrogens is 717 g/mol. The summed E-state index contributed by atoms with van der Waals surface area (Å²) in [6, 6.07) is 18.4. The van der Waals surface area contributed by atoms with Crippen LogP contribution in [0.15, 0.2) is 72.3 Å². The van der Waals surface area contributed by atoms with Gasteiger partial charge in [-0.1, -0.05) is 68.8 Å². The molecule has 304 valence electrons. The first-order chi connectivity index (χ1) is 25.6. The number of rotatable bonds is 11. The van der Waals surface area contributed by atoms with Crippen LogP contribution in [0.4, 0.5) is 0 Å². The molecule has 1 unspecified atom stereocenters. The monoisotopic (exact) mass is 788 g/mol. The van der Waals surface area contributed by atoms with Crippen LogP contribution in [-0.4, -0.2) is 51.5 Å². The summed E-state index contributed by atoms with van der Waals surface area (Å²) in [6.45, 7) is 24.4. The Bertz CT molecular complexity index is 1610. The Morgan fingerprint density at radius 2 is 1.38 bits per heavy atom. The molecule has 55 heavy (non-hydrogen) atoms. The molecule has 3 saturated carbocycles. The molecule has 0 aromatic heterocycles. The topological polar surface area (TPSA) is 82.1 Å². The lowest BCUT2D eigenvalue weighted by Gasteiger charge is -2.58. The normalized spacial score (nSPS) is 30.3. The molecule has 1 N–H and O–H groups in total. The SMILES string of the molecule is C[C@H](CC[C@H](OC(=O)c1ccccc1)C(C)(C)O)[C@H]1CC[C@H]2[C@@H]3CC=C4CC(OC(=O)c5ccccc5)CC[C@]4(C)[C@H]3CC[C@]12C.C[Si](C)(C)O[Si](C)(C)C. The van der Waals surface area contributed by atoms with Gasteiger partial charge in [-0.2, -0.15) is 0 Å². The average molecular weight is 789 g/mol. The van der Waals surface area contributed by atoms with E-state index < -0.39 is 28.3 Å². The number of hydrogen-bond donors (Lipinski definition) is 1. The van der Waals surface area contributed by atoms with E-state index >= 15 is 0 Å². The molecule has 3 fully saturated rings. The van der Waals surface area contributed by atoms with E-state index in [1.54, 1.807) is 26.0 Å². The number of benzene rings is 2. The molecule has 4 aliphatic rings. The Morgan fingerprint density at radius 3 is 1.93 bits per heavy atom. The number of esters is 2. The van der Waals surface area contributed by atoms with Crippen molar-refractivity contribution in [2.24, 2.45) is 40.4 Å². The molecule has 6 nitrogen and oxygen atoms in total. The third kappa shape index (κ3) is 10.7. The van der Waals surface area contributed by atoms with Crippen molar-refractivity contribution in [2.75, 3.05) is 0 Å². The molecule has 0 saturated heterocycles. The molecule has 2 aromatic rings. The van der Waals surface area contributed by atoms with Crippen LogP contribution < -0.4 is 0 Å². The zero-order chi connectivity index (χ0) is 40.4. The van der Waals surface area contributed by atoms with Crippen molar-refractivity contribution in [3.05, 3.63) is 83.4 Å². The lowest BCUT2D eigenvalue weighted by atomic mass is 9.47. The number of allylic oxidation sites excluding steroid dienone is 1. The van der Waals surface area contributed by atoms with Gasteiger partial charge in [0.05, 0.1) is 16.7 Å². The van der Waals surface area contributed by atoms with Gasteiger partial charge in [0.25, 0.3) is 0 Å². The molecule has 2 aromatic carbocycles. The smallest absolute Gasteiger partial charge is 0.338 e. The van der Waals surface area contributed by atoms with Crippen molar-refractivity contribution in [1.29, 1.82) is 0 Å². The first kappa shape index (κ1) is 43.6. The number of carbonyl (C=O) groups excluding carboxylic acids is 2. The Balaban J connectivity index is 0.000000574. The Labute approximate surface area is 335 Å². The van der Waals surface area contributed by atoms with Crippen LogP contribution in [0, 0.1) is 40.4 Å². The number of ether oxygens (including phenoxy) is 2. The molecule has 0 bridgehead atoms. The van der Waals surface area contributed by atoms with Crippen LogP contribution in [0.5, 0.6) is 0 Å². The number of hydrogen-bond acceptors (Lipinski definition) is 6. The minimum atomic E-state index is -1.23. The molecule has 0 spiro atoms. The van der Waals surface area contributed by atoms with E-state index in [2.05, 4.69) is 66.1 Å². The van der Waals surface area contributed by atoms with Crippen LogP contribution in [0.2, 0.25) is 39.3 Å². The fourth-order valence-electron chi connectivity index (χ4n) is 11.4. The molecule has 0 aliphatic heterocycles. The highest BCUT2D eigenvalue weighted by atomic mass is 28.4. The van der Waals surface area contributed by atoms with Crippen LogP contribution in [0.3, 0.4) is 0 Å². The molecule has 0 radical (unpaired) electrons. The maximum absolute atomic E-state index is 12.9. The van der Waals surface area contributed by atoms with Gasteiger partial charge in [0, 0.05) is 6.42 Å². The van der Waals surface area contributed by atoms with Crippen LogP contribution >= 0.6 is 0 Å². The Hall–Kier alpha value is -2.53. The lowest BCUT2D eigenvalue weighted by Crippen LogP contribution is -2.51. The first-order valence-corrected chi connectivity index (χ1v) is 28.1. The molecule has 4 aliphatic carbocycles. The zero-order valence-corrected chi connectivity index (χ0v) is 38.0. The average Bonchev–Trinajstić information content (AvgIpc) is 3.46. The van der Waals surface area contributed by atoms with Gasteiger partial charge in [0.2, 0.25) is 0 Å². The van der Waals surface area contributed by atoms with E-state index in [0.29, 0.717) is 46.6 Å². The lowest BCUT2D eigenvalue weighted by molar-refractivity contribution is -0.0746. The van der Waals surface area contributed by atoms with Gasteiger partial charge in [-0.25, -0.2) is 9.59 Å². The molecule has 8 heteroatoms. The third-order valence-corrected chi connectivity index (χ3v) is 18.5. The summed E-state index contributed by atoms with van der Waals surface area (Å²) in [6.07, 6.45) is 12.7. The fraction of sp³-hybridized carbons (Fsp3) is 0.660. The standard InChI is InChI=1S/C41H54O5.C6H18OSi2/c1-27(16-21-36(39(2,3)44)46-38(43)29-14-10-7-11-15-29)33-19-20-34-32-18-17-30-26-31(45-37(42)28-12-8-6-9-13-28)22-24-40(30,4)35(32)23-25-41(33,34)5;1-8(2,3)7-9(4,5)6/h6-15,17,27,31-36,44H,16,18-26H2,1-5H3;1-6H3/t27-,31?,32+,33-,34+,35+,36+,40+,41-;/m1./s1. The van der Waals surface area contributed by atoms with E-state index in [1.165, 1.54) is 31.3 Å². The minimum Gasteiger partial charge on any atom is -0.458 e. The maximum atomic E-state index is 12.9. The van der Waals surface area contributed by atoms with E-state index in [1.807, 2.05) is 48.5 Å². The van der Waals surface area contributed by atoms with Gasteiger partial charge in [0.15, 0.2) is 16.6 Å². The van der Waals surface area contributed by atoms with Crippen molar-refractivity contribution >= 4 is 28.6 Å². The molecular formula is C47H72O6Si2. The summed E-state index contributed by atoms with van der Waals surface area (Å²) in [5.41, 5.74) is 2.09. The highest BCUT2D eigenvalue weighted by Crippen LogP contribution is 2.67. The summed E-state index contributed by atoms with van der Waals surface area (Å²) in [5.74, 6) is 2.69. The number of aliphatic hydroxyl groups is 1. The summed E-state index contributed by atoms with van der Waals surface area (Å²) in [4.78, 5) is 25.7. The zero-order valence-electron chi connectivity index (χ0n) is 36.0. The van der Waals surface area contributed by atoms with Crippen LogP contribution in [-0.2, 0) is 13.6 Å². The summed E-state index contributed by atoms with van der Waals surface area (Å²) in [7, 11) is -2.46. The quantitative estimate of drug-likeness (QED) is 0.139. The molecule has 9 atom stereocenters. The summed E-state index contributed by atoms with van der Waals surface area (Å²) in [5, 5.41) is 10.9. The van der Waals surface area contributed by atoms with Crippen molar-refractivity contribution < 1.29 is 28.3 Å². The van der Waals surface area contributed by atoms with Crippen molar-refractivity contribution in [2.45, 2.75) is 156 Å². The van der Waals surface area contributed by atoms with Gasteiger partial charge < -0.3 is 18.7 Å². The summed E-state index contributed by atoms with van der Waals surface area (Å²) < 4.78 is 17.8. The minimum absolute atomic E-state index is 0.0335. The van der Waals surface area contributed by atoms with Gasteiger partial charge in [-0.3, -0.25) is 0 Å². The number of fused-ring (bicyclic) bond motifs is 5. The Morgan fingerprint density at radius 1 is 0.800 bits per heavy atom. The van der Waals surface area contributed by atoms with Gasteiger partial charge in [-0.15, -0.1) is 0 Å². The van der Waals surface area contributed by atoms with E-state index in [9.17, 15) is 14.7 Å². The first-order valence-electron chi connectivity index (χ1n) is 21.2. The van der Waals surface area contributed by atoms with Crippen molar-refractivity contribution in [1.82, 2.24) is 0 Å². The largest absolute Gasteiger partial charge is 0.458 e. The van der Waals surface area contributed by atoms with Crippen LogP contribution in [0.1, 0.15) is 120 Å². The van der Waals surface area contributed by atoms with Crippen LogP contribution in [0.25, 0.3) is 0 Å². The second-order valence-electron chi connectivity index (χ2n) is 20.4. The van der Waals surface area contributed by atoms with Gasteiger partial charge in [0.1, 0.15) is 12.2 Å². The highest BCUT2D eigenvalue weighted by molar-refractivity contribution is 6.83. The predicted molar refractivity (Wildman–Crippen MR) is 229 cm³/mol. The molecule has 0 heterocycles. The fourth-order valence-corrected chi connectivity index (χ4v) is 18.7. The Kier molecular flexibility index (Phi) is 13.6. The van der Waals surface area contributed by atoms with Gasteiger partial charge in [-0.05, 0) is 176 Å². The van der Waals surface area contributed by atoms with E-state index in [0.717, 1.165) is 38.0 Å².